The molecule has 2 atom stereocenters. The van der Waals surface area contributed by atoms with Crippen LogP contribution in [0.5, 0.6) is 11.5 Å². The van der Waals surface area contributed by atoms with E-state index in [0.29, 0.717) is 21.6 Å². The van der Waals surface area contributed by atoms with Crippen LogP contribution in [-0.4, -0.2) is 44.4 Å². The van der Waals surface area contributed by atoms with Crippen molar-refractivity contribution in [2.75, 3.05) is 17.7 Å². The van der Waals surface area contributed by atoms with Crippen LogP contribution < -0.4 is 15.4 Å². The first-order chi connectivity index (χ1) is 19.0. The summed E-state index contributed by atoms with van der Waals surface area (Å²) in [5, 5.41) is 35.4. The molecule has 4 aromatic rings. The van der Waals surface area contributed by atoms with Crippen LogP contribution in [0.1, 0.15) is 58.7 Å². The van der Waals surface area contributed by atoms with Crippen molar-refractivity contribution >= 4 is 44.8 Å². The van der Waals surface area contributed by atoms with Gasteiger partial charge in [-0.15, -0.1) is 20.4 Å². The first kappa shape index (κ1) is 26.7. The Morgan fingerprint density at radius 2 is 1.38 bits per heavy atom. The summed E-state index contributed by atoms with van der Waals surface area (Å²) in [5.41, 5.74) is 1.37. The first-order valence-corrected chi connectivity index (χ1v) is 14.3. The molecule has 0 unspecified atom stereocenters. The largest absolute Gasteiger partial charge is 0.508 e. The molecule has 2 aromatic heterocycles. The van der Waals surface area contributed by atoms with Crippen molar-refractivity contribution in [3.8, 4) is 11.5 Å². The molecule has 0 bridgehead atoms. The van der Waals surface area contributed by atoms with E-state index in [1.165, 1.54) is 22.7 Å². The van der Waals surface area contributed by atoms with Crippen molar-refractivity contribution in [2.45, 2.75) is 50.4 Å². The Kier molecular flexibility index (Phi) is 8.42. The van der Waals surface area contributed by atoms with Crippen LogP contribution >= 0.6 is 22.7 Å². The van der Waals surface area contributed by atoms with Crippen LogP contribution in [0.3, 0.4) is 0 Å². The average molecular weight is 565 g/mol. The van der Waals surface area contributed by atoms with Gasteiger partial charge >= 0.3 is 0 Å². The number of anilines is 2. The van der Waals surface area contributed by atoms with Crippen LogP contribution in [0, 0.1) is 0 Å². The van der Waals surface area contributed by atoms with Crippen LogP contribution in [0.15, 0.2) is 48.5 Å². The summed E-state index contributed by atoms with van der Waals surface area (Å²) in [4.78, 5) is 25.0. The van der Waals surface area contributed by atoms with Gasteiger partial charge in [0.1, 0.15) is 21.5 Å². The number of carbonyl (C=O) groups is 2. The Labute approximate surface area is 233 Å². The number of hydrogen-bond acceptors (Lipinski definition) is 10. The Bertz CT molecular complexity index is 1460. The molecule has 1 fully saturated rings. The third-order valence-corrected chi connectivity index (χ3v) is 8.64. The average Bonchev–Trinajstić information content (AvgIpc) is 3.60. The maximum Gasteiger partial charge on any atom is 0.230 e. The number of phenolic OH excluding ortho intramolecular Hbond substituents is 1. The lowest BCUT2D eigenvalue weighted by Crippen LogP contribution is -2.14. The summed E-state index contributed by atoms with van der Waals surface area (Å²) in [7, 11) is 1.59. The summed E-state index contributed by atoms with van der Waals surface area (Å²) < 4.78 is 5.33. The van der Waals surface area contributed by atoms with E-state index in [4.69, 9.17) is 4.74 Å². The van der Waals surface area contributed by atoms with Gasteiger partial charge in [-0.25, -0.2) is 0 Å². The maximum atomic E-state index is 12.6. The number of para-hydroxylation sites is 2. The molecule has 2 aromatic carbocycles. The summed E-state index contributed by atoms with van der Waals surface area (Å²) >= 11 is 2.79. The zero-order chi connectivity index (χ0) is 27.2. The SMILES string of the molecule is COc1ccccc1CC(=O)Nc1nnc([C@@H]2CCC[C@@H](c3nnc(NC(=O)Cc4ccccc4O)s3)C2)s1. The van der Waals surface area contributed by atoms with Crippen LogP contribution in [0.2, 0.25) is 0 Å². The molecule has 39 heavy (non-hydrogen) atoms. The molecular weight excluding hydrogens is 536 g/mol. The number of nitrogens with zero attached hydrogens (tertiary/aromatic N) is 4. The fourth-order valence-electron chi connectivity index (χ4n) is 4.72. The number of nitrogens with one attached hydrogen (secondary N) is 2. The van der Waals surface area contributed by atoms with Crippen molar-refractivity contribution in [2.24, 2.45) is 0 Å². The standard InChI is InChI=1S/C27H28N6O4S2/c1-37-21-12-5-3-8-17(21)15-23(36)29-27-33-31-25(39-27)19-10-6-9-18(13-19)24-30-32-26(38-24)28-22(35)14-16-7-2-4-11-20(16)34/h2-5,7-8,11-12,18-19,34H,6,9-10,13-15H2,1H3,(H,28,32,35)(H,29,33,36)/t18-,19-/m1/s1. The van der Waals surface area contributed by atoms with Gasteiger partial charge in [-0.1, -0.05) is 65.5 Å². The fraction of sp³-hybridized carbons (Fsp3) is 0.333. The number of benzene rings is 2. The molecule has 1 aliphatic rings. The van der Waals surface area contributed by atoms with Gasteiger partial charge < -0.3 is 20.5 Å². The number of aromatic hydroxyl groups is 1. The van der Waals surface area contributed by atoms with Crippen LogP contribution in [-0.2, 0) is 22.4 Å². The molecule has 1 saturated carbocycles. The number of rotatable bonds is 9. The van der Waals surface area contributed by atoms with Gasteiger partial charge in [0.2, 0.25) is 22.1 Å². The maximum absolute atomic E-state index is 12.6. The van der Waals surface area contributed by atoms with Crippen LogP contribution in [0.4, 0.5) is 10.3 Å². The zero-order valence-electron chi connectivity index (χ0n) is 21.3. The monoisotopic (exact) mass is 564 g/mol. The molecule has 0 spiro atoms. The predicted molar refractivity (Wildman–Crippen MR) is 150 cm³/mol. The lowest BCUT2D eigenvalue weighted by Gasteiger charge is -2.25. The third-order valence-electron chi connectivity index (χ3n) is 6.63. The molecule has 2 heterocycles. The highest BCUT2D eigenvalue weighted by molar-refractivity contribution is 7.15. The van der Waals surface area contributed by atoms with Gasteiger partial charge in [0.25, 0.3) is 0 Å². The fourth-order valence-corrected chi connectivity index (χ4v) is 6.53. The molecule has 0 aliphatic heterocycles. The number of amides is 2. The van der Waals surface area contributed by atoms with E-state index < -0.39 is 0 Å². The number of methoxy groups -OCH3 is 1. The third kappa shape index (κ3) is 6.76. The van der Waals surface area contributed by atoms with E-state index in [1.807, 2.05) is 24.3 Å². The minimum Gasteiger partial charge on any atom is -0.508 e. The normalized spacial score (nSPS) is 16.9. The first-order valence-electron chi connectivity index (χ1n) is 12.6. The molecule has 3 N–H and O–H groups in total. The highest BCUT2D eigenvalue weighted by atomic mass is 32.1. The van der Waals surface area contributed by atoms with Gasteiger partial charge in [-0.3, -0.25) is 9.59 Å². The highest BCUT2D eigenvalue weighted by Gasteiger charge is 2.29. The quantitative estimate of drug-likeness (QED) is 0.261. The highest BCUT2D eigenvalue weighted by Crippen LogP contribution is 2.43. The van der Waals surface area contributed by atoms with E-state index >= 15 is 0 Å². The molecule has 202 valence electrons. The Hall–Kier alpha value is -3.90. The number of phenols is 1. The van der Waals surface area contributed by atoms with E-state index in [-0.39, 0.29) is 42.2 Å². The van der Waals surface area contributed by atoms with Crippen molar-refractivity contribution in [3.63, 3.8) is 0 Å². The molecule has 2 amide bonds. The van der Waals surface area contributed by atoms with Gasteiger partial charge in [0.05, 0.1) is 20.0 Å². The number of ether oxygens (including phenoxy) is 1. The van der Waals surface area contributed by atoms with Crippen molar-refractivity contribution in [1.82, 2.24) is 20.4 Å². The smallest absolute Gasteiger partial charge is 0.230 e. The summed E-state index contributed by atoms with van der Waals surface area (Å²) in [6.07, 6.45) is 4.08. The van der Waals surface area contributed by atoms with E-state index in [9.17, 15) is 14.7 Å². The summed E-state index contributed by atoms with van der Waals surface area (Å²) in [6, 6.07) is 14.2. The van der Waals surface area contributed by atoms with Gasteiger partial charge in [0.15, 0.2) is 0 Å². The second-order valence-corrected chi connectivity index (χ2v) is 11.4. The Morgan fingerprint density at radius 3 is 1.97 bits per heavy atom. The minimum absolute atomic E-state index is 0.0574. The minimum atomic E-state index is -0.255. The van der Waals surface area contributed by atoms with Crippen LogP contribution in [0.25, 0.3) is 0 Å². The van der Waals surface area contributed by atoms with E-state index in [0.717, 1.165) is 41.3 Å². The second kappa shape index (κ2) is 12.3. The van der Waals surface area contributed by atoms with Crippen molar-refractivity contribution in [3.05, 3.63) is 69.7 Å². The van der Waals surface area contributed by atoms with Crippen molar-refractivity contribution < 1.29 is 19.4 Å². The predicted octanol–water partition coefficient (Wildman–Crippen LogP) is 4.91. The zero-order valence-corrected chi connectivity index (χ0v) is 22.9. The number of aromatic nitrogens is 4. The second-order valence-electron chi connectivity index (χ2n) is 9.34. The lowest BCUT2D eigenvalue weighted by atomic mass is 9.82. The molecular formula is C27H28N6O4S2. The van der Waals surface area contributed by atoms with Gasteiger partial charge in [-0.05, 0) is 31.4 Å². The molecule has 0 saturated heterocycles. The molecule has 1 aliphatic carbocycles. The Balaban J connectivity index is 1.16. The number of hydrogen-bond donors (Lipinski definition) is 3. The number of carbonyl (C=O) groups excluding carboxylic acids is 2. The Morgan fingerprint density at radius 1 is 0.846 bits per heavy atom. The molecule has 5 rings (SSSR count). The summed E-state index contributed by atoms with van der Waals surface area (Å²) in [5.74, 6) is 0.759. The molecule has 10 nitrogen and oxygen atoms in total. The lowest BCUT2D eigenvalue weighted by molar-refractivity contribution is -0.116. The van der Waals surface area contributed by atoms with Crippen molar-refractivity contribution in [1.29, 1.82) is 0 Å². The molecule has 12 heteroatoms. The molecule has 0 radical (unpaired) electrons. The van der Waals surface area contributed by atoms with Gasteiger partial charge in [-0.2, -0.15) is 0 Å². The summed E-state index contributed by atoms with van der Waals surface area (Å²) in [6.45, 7) is 0. The van der Waals surface area contributed by atoms with E-state index in [2.05, 4.69) is 31.0 Å². The topological polar surface area (TPSA) is 139 Å². The van der Waals surface area contributed by atoms with Gasteiger partial charge in [0, 0.05) is 23.0 Å². The van der Waals surface area contributed by atoms with E-state index in [1.54, 1.807) is 31.4 Å².